The smallest absolute Gasteiger partial charge is 0.145 e. The third kappa shape index (κ3) is 1.55. The fourth-order valence-corrected chi connectivity index (χ4v) is 2.12. The van der Waals surface area contributed by atoms with Crippen LogP contribution in [0.3, 0.4) is 0 Å². The molecule has 0 N–H and O–H groups in total. The van der Waals surface area contributed by atoms with E-state index in [0.717, 1.165) is 12.8 Å². The first kappa shape index (κ1) is 9.66. The van der Waals surface area contributed by atoms with E-state index in [0.29, 0.717) is 12.0 Å². The third-order valence-electron chi connectivity index (χ3n) is 2.66. The maximum absolute atomic E-state index is 13.5. The standard InChI is InChI=1S/C11H10ClFO/c12-9-5-1-4-8(11(9)13)7-3-2-6-10(7)14/h1,4-5,7H,2-3,6H2. The van der Waals surface area contributed by atoms with E-state index in [1.54, 1.807) is 12.1 Å². The molecule has 1 fully saturated rings. The van der Waals surface area contributed by atoms with Crippen LogP contribution in [-0.4, -0.2) is 5.78 Å². The molecule has 0 aromatic heterocycles. The monoisotopic (exact) mass is 212 g/mol. The Kier molecular flexibility index (Phi) is 2.55. The largest absolute Gasteiger partial charge is 0.299 e. The molecule has 0 aliphatic heterocycles. The van der Waals surface area contributed by atoms with Gasteiger partial charge in [-0.3, -0.25) is 4.79 Å². The van der Waals surface area contributed by atoms with Gasteiger partial charge >= 0.3 is 0 Å². The van der Waals surface area contributed by atoms with Crippen molar-refractivity contribution < 1.29 is 9.18 Å². The number of benzene rings is 1. The van der Waals surface area contributed by atoms with Crippen LogP contribution in [0.1, 0.15) is 30.7 Å². The molecule has 0 saturated heterocycles. The molecule has 1 atom stereocenters. The second kappa shape index (κ2) is 3.70. The van der Waals surface area contributed by atoms with Gasteiger partial charge in [0.2, 0.25) is 0 Å². The van der Waals surface area contributed by atoms with Crippen LogP contribution in [-0.2, 0) is 4.79 Å². The summed E-state index contributed by atoms with van der Waals surface area (Å²) in [6, 6.07) is 4.83. The van der Waals surface area contributed by atoms with Crippen molar-refractivity contribution in [2.75, 3.05) is 0 Å². The lowest BCUT2D eigenvalue weighted by molar-refractivity contribution is -0.118. The maximum atomic E-state index is 13.5. The Bertz CT molecular complexity index is 376. The highest BCUT2D eigenvalue weighted by Gasteiger charge is 2.28. The summed E-state index contributed by atoms with van der Waals surface area (Å²) in [5.41, 5.74) is 0.458. The van der Waals surface area contributed by atoms with E-state index in [1.807, 2.05) is 0 Å². The van der Waals surface area contributed by atoms with Gasteiger partial charge in [-0.2, -0.15) is 0 Å². The number of Topliss-reactive ketones (excluding diaryl/α,β-unsaturated/α-hetero) is 1. The van der Waals surface area contributed by atoms with E-state index in [2.05, 4.69) is 0 Å². The summed E-state index contributed by atoms with van der Waals surface area (Å²) < 4.78 is 13.5. The van der Waals surface area contributed by atoms with Crippen molar-refractivity contribution in [3.8, 4) is 0 Å². The van der Waals surface area contributed by atoms with Crippen LogP contribution in [0.2, 0.25) is 5.02 Å². The van der Waals surface area contributed by atoms with Crippen LogP contribution in [0.4, 0.5) is 4.39 Å². The molecule has 1 aliphatic rings. The Labute approximate surface area is 86.9 Å². The number of rotatable bonds is 1. The summed E-state index contributed by atoms with van der Waals surface area (Å²) in [5, 5.41) is 0.0993. The van der Waals surface area contributed by atoms with Crippen molar-refractivity contribution in [3.63, 3.8) is 0 Å². The molecule has 74 valence electrons. The zero-order valence-corrected chi connectivity index (χ0v) is 8.35. The summed E-state index contributed by atoms with van der Waals surface area (Å²) in [5.74, 6) is -0.575. The molecule has 14 heavy (non-hydrogen) atoms. The first-order chi connectivity index (χ1) is 6.70. The maximum Gasteiger partial charge on any atom is 0.145 e. The molecule has 0 radical (unpaired) electrons. The summed E-state index contributed by atoms with van der Waals surface area (Å²) in [7, 11) is 0. The number of halogens is 2. The highest BCUT2D eigenvalue weighted by atomic mass is 35.5. The number of carbonyl (C=O) groups is 1. The van der Waals surface area contributed by atoms with Gasteiger partial charge in [0.1, 0.15) is 11.6 Å². The number of hydrogen-bond donors (Lipinski definition) is 0. The second-order valence-electron chi connectivity index (χ2n) is 3.55. The van der Waals surface area contributed by atoms with Crippen molar-refractivity contribution in [1.29, 1.82) is 0 Å². The van der Waals surface area contributed by atoms with Gasteiger partial charge in [-0.05, 0) is 24.5 Å². The minimum absolute atomic E-state index is 0.0993. The van der Waals surface area contributed by atoms with Crippen LogP contribution in [0, 0.1) is 5.82 Å². The minimum Gasteiger partial charge on any atom is -0.299 e. The SMILES string of the molecule is O=C1CCCC1c1cccc(Cl)c1F. The second-order valence-corrected chi connectivity index (χ2v) is 3.96. The molecular weight excluding hydrogens is 203 g/mol. The molecule has 0 heterocycles. The minimum atomic E-state index is -0.436. The Morgan fingerprint density at radius 1 is 1.43 bits per heavy atom. The molecule has 0 spiro atoms. The number of carbonyl (C=O) groups excluding carboxylic acids is 1. The average Bonchev–Trinajstić information content (AvgIpc) is 2.57. The Hall–Kier alpha value is -0.890. The zero-order valence-electron chi connectivity index (χ0n) is 7.59. The summed E-state index contributed by atoms with van der Waals surface area (Å²) in [4.78, 5) is 11.4. The van der Waals surface area contributed by atoms with Gasteiger partial charge < -0.3 is 0 Å². The van der Waals surface area contributed by atoms with Crippen molar-refractivity contribution in [1.82, 2.24) is 0 Å². The van der Waals surface area contributed by atoms with E-state index < -0.39 is 5.82 Å². The van der Waals surface area contributed by atoms with Crippen molar-refractivity contribution in [2.45, 2.75) is 25.2 Å². The third-order valence-corrected chi connectivity index (χ3v) is 2.95. The molecule has 1 aromatic carbocycles. The van der Waals surface area contributed by atoms with Crippen molar-refractivity contribution >= 4 is 17.4 Å². The molecule has 0 bridgehead atoms. The lowest BCUT2D eigenvalue weighted by atomic mass is 9.96. The van der Waals surface area contributed by atoms with Crippen LogP contribution in [0.15, 0.2) is 18.2 Å². The van der Waals surface area contributed by atoms with Gasteiger partial charge in [0.25, 0.3) is 0 Å². The summed E-state index contributed by atoms with van der Waals surface area (Å²) >= 11 is 5.65. The van der Waals surface area contributed by atoms with Crippen molar-refractivity contribution in [2.24, 2.45) is 0 Å². The van der Waals surface area contributed by atoms with E-state index >= 15 is 0 Å². The summed E-state index contributed by atoms with van der Waals surface area (Å²) in [6.07, 6.45) is 2.17. The van der Waals surface area contributed by atoms with Crippen LogP contribution >= 0.6 is 11.6 Å². The van der Waals surface area contributed by atoms with E-state index in [-0.39, 0.29) is 16.7 Å². The molecule has 1 aromatic rings. The molecule has 0 amide bonds. The normalized spacial score (nSPS) is 21.6. The topological polar surface area (TPSA) is 17.1 Å². The Morgan fingerprint density at radius 2 is 2.21 bits per heavy atom. The van der Waals surface area contributed by atoms with Crippen molar-refractivity contribution in [3.05, 3.63) is 34.6 Å². The average molecular weight is 213 g/mol. The predicted molar refractivity (Wildman–Crippen MR) is 53.0 cm³/mol. The van der Waals surface area contributed by atoms with Gasteiger partial charge in [-0.25, -0.2) is 4.39 Å². The molecule has 1 unspecified atom stereocenters. The Morgan fingerprint density at radius 3 is 2.86 bits per heavy atom. The van der Waals surface area contributed by atoms with E-state index in [4.69, 9.17) is 11.6 Å². The molecular formula is C11H10ClFO. The first-order valence-corrected chi connectivity index (χ1v) is 5.04. The van der Waals surface area contributed by atoms with Crippen LogP contribution < -0.4 is 0 Å². The fourth-order valence-electron chi connectivity index (χ4n) is 1.93. The van der Waals surface area contributed by atoms with Gasteiger partial charge in [0.15, 0.2) is 0 Å². The fraction of sp³-hybridized carbons (Fsp3) is 0.364. The van der Waals surface area contributed by atoms with Gasteiger partial charge in [0.05, 0.1) is 5.02 Å². The predicted octanol–water partition coefficient (Wildman–Crippen LogP) is 3.32. The Balaban J connectivity index is 2.41. The van der Waals surface area contributed by atoms with E-state index in [9.17, 15) is 9.18 Å². The first-order valence-electron chi connectivity index (χ1n) is 4.67. The zero-order chi connectivity index (χ0) is 10.1. The number of hydrogen-bond acceptors (Lipinski definition) is 1. The molecule has 1 aliphatic carbocycles. The van der Waals surface area contributed by atoms with Crippen LogP contribution in [0.25, 0.3) is 0 Å². The highest BCUT2D eigenvalue weighted by molar-refractivity contribution is 6.30. The van der Waals surface area contributed by atoms with Gasteiger partial charge in [-0.1, -0.05) is 23.7 Å². The quantitative estimate of drug-likeness (QED) is 0.698. The van der Waals surface area contributed by atoms with Gasteiger partial charge in [-0.15, -0.1) is 0 Å². The lowest BCUT2D eigenvalue weighted by Crippen LogP contribution is -2.06. The molecule has 2 rings (SSSR count). The van der Waals surface area contributed by atoms with E-state index in [1.165, 1.54) is 6.07 Å². The number of ketones is 1. The molecule has 1 saturated carbocycles. The van der Waals surface area contributed by atoms with Crippen LogP contribution in [0.5, 0.6) is 0 Å². The summed E-state index contributed by atoms with van der Waals surface area (Å²) in [6.45, 7) is 0. The highest BCUT2D eigenvalue weighted by Crippen LogP contribution is 2.34. The molecule has 3 heteroatoms. The molecule has 1 nitrogen and oxygen atoms in total. The lowest BCUT2D eigenvalue weighted by Gasteiger charge is -2.09. The van der Waals surface area contributed by atoms with Gasteiger partial charge in [0, 0.05) is 12.3 Å².